The van der Waals surface area contributed by atoms with E-state index in [0.29, 0.717) is 23.6 Å². The number of rotatable bonds is 6. The number of carbonyl (C=O) groups excluding carboxylic acids is 1. The van der Waals surface area contributed by atoms with Crippen LogP contribution >= 0.6 is 0 Å². The first-order valence-electron chi connectivity index (χ1n) is 8.40. The Labute approximate surface area is 151 Å². The molecule has 0 aliphatic heterocycles. The van der Waals surface area contributed by atoms with E-state index in [1.807, 2.05) is 20.9 Å². The van der Waals surface area contributed by atoms with Gasteiger partial charge >= 0.3 is 0 Å². The molecule has 3 rings (SSSR count). The number of aromatic nitrogens is 3. The van der Waals surface area contributed by atoms with Gasteiger partial charge in [-0.15, -0.1) is 0 Å². The summed E-state index contributed by atoms with van der Waals surface area (Å²) in [6.07, 6.45) is 4.15. The van der Waals surface area contributed by atoms with Gasteiger partial charge in [0.25, 0.3) is 0 Å². The van der Waals surface area contributed by atoms with E-state index in [2.05, 4.69) is 15.5 Å². The smallest absolute Gasteiger partial charge is 0.221 e. The Morgan fingerprint density at radius 3 is 2.73 bits per heavy atom. The van der Waals surface area contributed by atoms with Crippen LogP contribution in [0.3, 0.4) is 0 Å². The molecule has 26 heavy (non-hydrogen) atoms. The van der Waals surface area contributed by atoms with Crippen LogP contribution in [-0.2, 0) is 18.3 Å². The fourth-order valence-corrected chi connectivity index (χ4v) is 2.98. The van der Waals surface area contributed by atoms with Gasteiger partial charge in [-0.25, -0.2) is 9.37 Å². The number of benzene rings is 1. The van der Waals surface area contributed by atoms with E-state index < -0.39 is 6.04 Å². The minimum absolute atomic E-state index is 0.193. The van der Waals surface area contributed by atoms with Crippen molar-refractivity contribution in [3.05, 3.63) is 70.9 Å². The Hall–Kier alpha value is -2.96. The summed E-state index contributed by atoms with van der Waals surface area (Å²) in [5, 5.41) is 6.80. The molecule has 0 bridgehead atoms. The van der Waals surface area contributed by atoms with Gasteiger partial charge < -0.3 is 14.4 Å². The topological polar surface area (TPSA) is 73.0 Å². The fraction of sp³-hybridized carbons (Fsp3) is 0.316. The lowest BCUT2D eigenvalue weighted by Crippen LogP contribution is -2.31. The summed E-state index contributed by atoms with van der Waals surface area (Å²) < 4.78 is 21.2. The number of hydrogen-bond acceptors (Lipinski definition) is 4. The average Bonchev–Trinajstić information content (AvgIpc) is 3.17. The lowest BCUT2D eigenvalue weighted by molar-refractivity contribution is -0.121. The van der Waals surface area contributed by atoms with E-state index in [1.165, 1.54) is 6.07 Å². The molecule has 0 spiro atoms. The Bertz CT molecular complexity index is 896. The van der Waals surface area contributed by atoms with Crippen LogP contribution in [-0.4, -0.2) is 20.6 Å². The van der Waals surface area contributed by atoms with Crippen LogP contribution in [0.15, 0.2) is 41.2 Å². The first-order valence-corrected chi connectivity index (χ1v) is 8.40. The summed E-state index contributed by atoms with van der Waals surface area (Å²) >= 11 is 0. The van der Waals surface area contributed by atoms with Gasteiger partial charge in [-0.3, -0.25) is 4.79 Å². The molecule has 0 fully saturated rings. The summed E-state index contributed by atoms with van der Waals surface area (Å²) in [6, 6.07) is 5.73. The molecule has 1 atom stereocenters. The molecule has 6 nitrogen and oxygen atoms in total. The molecular weight excluding hydrogens is 335 g/mol. The van der Waals surface area contributed by atoms with Crippen molar-refractivity contribution in [2.75, 3.05) is 0 Å². The summed E-state index contributed by atoms with van der Waals surface area (Å²) in [4.78, 5) is 16.8. The van der Waals surface area contributed by atoms with Gasteiger partial charge in [0.2, 0.25) is 5.91 Å². The lowest BCUT2D eigenvalue weighted by Gasteiger charge is -2.19. The molecule has 0 aliphatic carbocycles. The highest BCUT2D eigenvalue weighted by Gasteiger charge is 2.23. The van der Waals surface area contributed by atoms with Crippen molar-refractivity contribution in [3.63, 3.8) is 0 Å². The van der Waals surface area contributed by atoms with E-state index in [9.17, 15) is 9.18 Å². The Morgan fingerprint density at radius 1 is 1.35 bits per heavy atom. The van der Waals surface area contributed by atoms with E-state index in [-0.39, 0.29) is 18.1 Å². The largest absolute Gasteiger partial charge is 0.361 e. The number of halogens is 1. The molecular formula is C19H21FN4O2. The highest BCUT2D eigenvalue weighted by atomic mass is 19.1. The third kappa shape index (κ3) is 3.66. The first-order chi connectivity index (χ1) is 12.5. The minimum Gasteiger partial charge on any atom is -0.361 e. The fourth-order valence-electron chi connectivity index (χ4n) is 2.98. The molecule has 0 aliphatic rings. The van der Waals surface area contributed by atoms with Crippen molar-refractivity contribution < 1.29 is 13.7 Å². The van der Waals surface area contributed by atoms with E-state index in [4.69, 9.17) is 4.52 Å². The third-order valence-electron chi connectivity index (χ3n) is 4.42. The minimum atomic E-state index is -0.659. The van der Waals surface area contributed by atoms with Crippen molar-refractivity contribution in [2.45, 2.75) is 32.7 Å². The second kappa shape index (κ2) is 7.51. The molecule has 136 valence electrons. The molecule has 2 aromatic heterocycles. The van der Waals surface area contributed by atoms with Crippen LogP contribution in [0.2, 0.25) is 0 Å². The van der Waals surface area contributed by atoms with E-state index >= 15 is 0 Å². The number of amides is 1. The van der Waals surface area contributed by atoms with E-state index in [1.54, 1.807) is 35.2 Å². The molecule has 1 N–H and O–H groups in total. The van der Waals surface area contributed by atoms with Crippen LogP contribution in [0.5, 0.6) is 0 Å². The zero-order chi connectivity index (χ0) is 18.7. The molecule has 2 heterocycles. The van der Waals surface area contributed by atoms with Crippen molar-refractivity contribution in [3.8, 4) is 0 Å². The van der Waals surface area contributed by atoms with Crippen molar-refractivity contribution in [2.24, 2.45) is 7.05 Å². The summed E-state index contributed by atoms with van der Waals surface area (Å²) in [5.41, 5.74) is 2.09. The van der Waals surface area contributed by atoms with E-state index in [0.717, 1.165) is 11.3 Å². The Balaban J connectivity index is 1.79. The monoisotopic (exact) mass is 356 g/mol. The number of nitrogens with zero attached hydrogens (tertiary/aromatic N) is 3. The normalized spacial score (nSPS) is 12.2. The molecule has 0 saturated carbocycles. The average molecular weight is 356 g/mol. The maximum absolute atomic E-state index is 14.3. The van der Waals surface area contributed by atoms with Gasteiger partial charge in [-0.2, -0.15) is 0 Å². The highest BCUT2D eigenvalue weighted by molar-refractivity contribution is 5.77. The van der Waals surface area contributed by atoms with Gasteiger partial charge in [0, 0.05) is 37.0 Å². The van der Waals surface area contributed by atoms with Gasteiger partial charge in [-0.05, 0) is 26.3 Å². The highest BCUT2D eigenvalue weighted by Crippen LogP contribution is 2.23. The van der Waals surface area contributed by atoms with Crippen LogP contribution in [0.25, 0.3) is 0 Å². The first kappa shape index (κ1) is 17.8. The molecule has 7 heteroatoms. The number of hydrogen-bond donors (Lipinski definition) is 1. The van der Waals surface area contributed by atoms with Gasteiger partial charge in [0.15, 0.2) is 0 Å². The van der Waals surface area contributed by atoms with Crippen LogP contribution in [0, 0.1) is 19.7 Å². The molecule has 0 unspecified atom stereocenters. The molecule has 1 aromatic carbocycles. The second-order valence-corrected chi connectivity index (χ2v) is 6.22. The zero-order valence-corrected chi connectivity index (χ0v) is 15.0. The van der Waals surface area contributed by atoms with Gasteiger partial charge in [0.1, 0.15) is 23.4 Å². The van der Waals surface area contributed by atoms with Crippen molar-refractivity contribution in [1.29, 1.82) is 0 Å². The number of nitrogens with one attached hydrogen (secondary N) is 1. The predicted molar refractivity (Wildman–Crippen MR) is 93.9 cm³/mol. The van der Waals surface area contributed by atoms with Gasteiger partial charge in [-0.1, -0.05) is 23.4 Å². The summed E-state index contributed by atoms with van der Waals surface area (Å²) in [6.45, 7) is 3.67. The molecule has 3 aromatic rings. The SMILES string of the molecule is Cc1noc(C)c1CCC(=O)N[C@H](c1ccccc1F)c1nccn1C. The number of carbonyl (C=O) groups is 1. The predicted octanol–water partition coefficient (Wildman–Crippen LogP) is 3.00. The quantitative estimate of drug-likeness (QED) is 0.737. The van der Waals surface area contributed by atoms with Crippen LogP contribution in [0.4, 0.5) is 4.39 Å². The third-order valence-corrected chi connectivity index (χ3v) is 4.42. The number of imidazole rings is 1. The summed E-state index contributed by atoms with van der Waals surface area (Å²) in [7, 11) is 1.81. The van der Waals surface area contributed by atoms with Crippen molar-refractivity contribution in [1.82, 2.24) is 20.0 Å². The van der Waals surface area contributed by atoms with Crippen LogP contribution in [0.1, 0.15) is 40.9 Å². The van der Waals surface area contributed by atoms with Gasteiger partial charge in [0.05, 0.1) is 5.69 Å². The molecule has 1 amide bonds. The second-order valence-electron chi connectivity index (χ2n) is 6.22. The van der Waals surface area contributed by atoms with Crippen molar-refractivity contribution >= 4 is 5.91 Å². The Kier molecular flexibility index (Phi) is 5.16. The zero-order valence-electron chi connectivity index (χ0n) is 15.0. The number of aryl methyl sites for hydroxylation is 3. The Morgan fingerprint density at radius 2 is 2.12 bits per heavy atom. The standard InChI is InChI=1S/C19H21FN4O2/c1-12-14(13(2)26-23-12)8-9-17(25)22-18(19-21-10-11-24(19)3)15-6-4-5-7-16(15)20/h4-7,10-11,18H,8-9H2,1-3H3,(H,22,25)/t18-/m1/s1. The van der Waals surface area contributed by atoms with Crippen LogP contribution < -0.4 is 5.32 Å². The molecule has 0 saturated heterocycles. The maximum atomic E-state index is 14.3. The maximum Gasteiger partial charge on any atom is 0.221 e. The molecule has 0 radical (unpaired) electrons. The summed E-state index contributed by atoms with van der Waals surface area (Å²) in [5.74, 6) is 0.707. The lowest BCUT2D eigenvalue weighted by atomic mass is 10.0.